The fourth-order valence-corrected chi connectivity index (χ4v) is 0. The number of halogens is 2. The first-order valence-corrected chi connectivity index (χ1v) is 1.29. The van der Waals surface area contributed by atoms with Crippen molar-refractivity contribution in [3.63, 3.8) is 0 Å². The Balaban J connectivity index is -0.000000000238. The van der Waals surface area contributed by atoms with Crippen LogP contribution in [0.2, 0.25) is 0 Å². The molecule has 0 rings (SSSR count). The lowest BCUT2D eigenvalue weighted by molar-refractivity contribution is 0.823. The summed E-state index contributed by atoms with van der Waals surface area (Å²) in [6.07, 6.45) is 0. The van der Waals surface area contributed by atoms with Crippen LogP contribution in [0, 0.1) is 0 Å². The van der Waals surface area contributed by atoms with Gasteiger partial charge in [-0.2, -0.15) is 0 Å². The van der Waals surface area contributed by atoms with E-state index in [4.69, 9.17) is 0 Å². The van der Waals surface area contributed by atoms with Crippen LogP contribution in [0.25, 0.3) is 0 Å². The van der Waals surface area contributed by atoms with Gasteiger partial charge in [-0.15, -0.1) is 0 Å². The zero-order chi connectivity index (χ0) is 2.00. The predicted molar refractivity (Wildman–Crippen MR) is 37.0 cm³/mol. The summed E-state index contributed by atoms with van der Waals surface area (Å²) >= 11 is 0. The molecule has 7 nitrogen and oxygen atoms in total. The summed E-state index contributed by atoms with van der Waals surface area (Å²) in [6.45, 7) is 0. The van der Waals surface area contributed by atoms with E-state index in [9.17, 15) is 0 Å². The van der Waals surface area contributed by atoms with Crippen molar-refractivity contribution in [1.82, 2.24) is 0 Å². The lowest BCUT2D eigenvalue weighted by atomic mass is 16.0. The van der Waals surface area contributed by atoms with Gasteiger partial charge in [0.2, 0.25) is 0 Å². The average molecular weight is 197 g/mol. The molecule has 0 spiro atoms. The van der Waals surface area contributed by atoms with Crippen molar-refractivity contribution >= 4 is 21.7 Å². The van der Waals surface area contributed by atoms with Crippen molar-refractivity contribution in [3.05, 3.63) is 0 Å². The zero-order valence-electron chi connectivity index (χ0n) is 4.26. The standard InChI is InChI=1S/Cl2.7H2O/c1-2;;;;;;;/h;7*1H2. The number of hydrogen-bond acceptors (Lipinski definition) is 0. The van der Waals surface area contributed by atoms with Crippen LogP contribution in [0.1, 0.15) is 0 Å². The molecular weight excluding hydrogens is 183 g/mol. The first-order chi connectivity index (χ1) is 1.00. The summed E-state index contributed by atoms with van der Waals surface area (Å²) in [6, 6.07) is 0. The molecule has 0 amide bonds. The van der Waals surface area contributed by atoms with Crippen LogP contribution < -0.4 is 0 Å². The molecule has 0 unspecified atom stereocenters. The largest absolute Gasteiger partial charge is 0.412 e. The lowest BCUT2D eigenvalue weighted by Crippen LogP contribution is -0.310. The molecule has 0 atom stereocenters. The van der Waals surface area contributed by atoms with Crippen molar-refractivity contribution in [1.29, 1.82) is 0 Å². The molecule has 0 fully saturated rings. The van der Waals surface area contributed by atoms with E-state index in [1.807, 2.05) is 0 Å². The Labute approximate surface area is 60.9 Å². The van der Waals surface area contributed by atoms with Gasteiger partial charge in [-0.1, -0.05) is 0 Å². The highest BCUT2D eigenvalue weighted by Gasteiger charge is 1.00. The van der Waals surface area contributed by atoms with E-state index in [1.165, 1.54) is 0 Å². The van der Waals surface area contributed by atoms with Gasteiger partial charge in [-0.05, 0) is 0 Å². The maximum atomic E-state index is 4.11. The Kier molecular flexibility index (Phi) is 207000. The van der Waals surface area contributed by atoms with Crippen LogP contribution >= 0.6 is 21.7 Å². The molecular formula is H14Cl2O7. The number of hydrogen-bond donors (Lipinski definition) is 0. The second kappa shape index (κ2) is 4910. The molecule has 70 valence electrons. The van der Waals surface area contributed by atoms with Crippen LogP contribution in [0.4, 0.5) is 0 Å². The Morgan fingerprint density at radius 1 is 0.333 bits per heavy atom. The van der Waals surface area contributed by atoms with Crippen molar-refractivity contribution in [2.45, 2.75) is 0 Å². The summed E-state index contributed by atoms with van der Waals surface area (Å²) in [4.78, 5) is 0. The smallest absolute Gasteiger partial charge is 0 e. The van der Waals surface area contributed by atoms with Gasteiger partial charge in [0.15, 0.2) is 0 Å². The van der Waals surface area contributed by atoms with Crippen LogP contribution in [-0.4, -0.2) is 38.3 Å². The topological polar surface area (TPSA) is 220 Å². The van der Waals surface area contributed by atoms with E-state index < -0.39 is 0 Å². The minimum Gasteiger partial charge on any atom is -0.412 e. The van der Waals surface area contributed by atoms with E-state index in [2.05, 4.69) is 21.7 Å². The maximum Gasteiger partial charge on any atom is 0 e. The van der Waals surface area contributed by atoms with E-state index in [1.54, 1.807) is 0 Å². The fourth-order valence-electron chi connectivity index (χ4n) is 0. The van der Waals surface area contributed by atoms with E-state index in [0.29, 0.717) is 0 Å². The monoisotopic (exact) mass is 196 g/mol. The minimum absolute atomic E-state index is 0. The van der Waals surface area contributed by atoms with E-state index >= 15 is 0 Å². The Hall–Kier alpha value is 0.300. The normalized spacial score (nSPS) is 0.667. The summed E-state index contributed by atoms with van der Waals surface area (Å²) < 4.78 is 0. The molecule has 14 N–H and O–H groups in total. The third kappa shape index (κ3) is 3660. The molecule has 0 aliphatic heterocycles. The maximum absolute atomic E-state index is 4.11. The van der Waals surface area contributed by atoms with Gasteiger partial charge in [-0.25, -0.2) is 0 Å². The Morgan fingerprint density at radius 2 is 0.333 bits per heavy atom. The Bertz CT molecular complexity index is 6.88. The molecule has 0 aromatic rings. The minimum atomic E-state index is 0. The summed E-state index contributed by atoms with van der Waals surface area (Å²) in [5.41, 5.74) is 0. The second-order valence-electron chi connectivity index (χ2n) is 0. The third-order valence-electron chi connectivity index (χ3n) is 0. The third-order valence-corrected chi connectivity index (χ3v) is 0. The quantitative estimate of drug-likeness (QED) is 0.358. The molecule has 0 aliphatic rings. The molecule has 0 bridgehead atoms. The molecule has 9 heteroatoms. The summed E-state index contributed by atoms with van der Waals surface area (Å²) in [7, 11) is 8.22. The van der Waals surface area contributed by atoms with Gasteiger partial charge in [0, 0.05) is 21.7 Å². The van der Waals surface area contributed by atoms with Gasteiger partial charge in [-0.3, -0.25) is 0 Å². The molecule has 0 radical (unpaired) electrons. The first kappa shape index (κ1) is 379. The van der Waals surface area contributed by atoms with Crippen LogP contribution in [-0.2, 0) is 0 Å². The molecule has 0 saturated carbocycles. The van der Waals surface area contributed by atoms with Crippen molar-refractivity contribution in [3.8, 4) is 0 Å². The van der Waals surface area contributed by atoms with E-state index in [-0.39, 0.29) is 38.3 Å². The van der Waals surface area contributed by atoms with Crippen molar-refractivity contribution in [2.24, 2.45) is 0 Å². The molecule has 9 heavy (non-hydrogen) atoms. The lowest BCUT2D eigenvalue weighted by Gasteiger charge is -1.00. The molecule has 0 aromatic carbocycles. The molecule has 0 aromatic heterocycles. The molecule has 0 saturated heterocycles. The summed E-state index contributed by atoms with van der Waals surface area (Å²) in [5, 5.41) is 0. The van der Waals surface area contributed by atoms with Gasteiger partial charge >= 0.3 is 0 Å². The van der Waals surface area contributed by atoms with Crippen molar-refractivity contribution < 1.29 is 38.3 Å². The zero-order valence-corrected chi connectivity index (χ0v) is 5.77. The number of rotatable bonds is 0. The highest BCUT2D eigenvalue weighted by molar-refractivity contribution is 6.85. The summed E-state index contributed by atoms with van der Waals surface area (Å²) in [5.74, 6) is 0. The first-order valence-electron chi connectivity index (χ1n) is 0.143. The van der Waals surface area contributed by atoms with Gasteiger partial charge < -0.3 is 38.3 Å². The van der Waals surface area contributed by atoms with Crippen LogP contribution in [0.15, 0.2) is 0 Å². The van der Waals surface area contributed by atoms with Crippen LogP contribution in [0.5, 0.6) is 0 Å². The molecule has 0 heterocycles. The van der Waals surface area contributed by atoms with Gasteiger partial charge in [0.25, 0.3) is 0 Å². The van der Waals surface area contributed by atoms with Gasteiger partial charge in [0.05, 0.1) is 0 Å². The SMILES string of the molecule is ClCl.O.O.O.O.O.O.O. The highest BCUT2D eigenvalue weighted by atomic mass is 36.5. The van der Waals surface area contributed by atoms with Gasteiger partial charge in [0.1, 0.15) is 0 Å². The van der Waals surface area contributed by atoms with E-state index in [0.717, 1.165) is 0 Å². The highest BCUT2D eigenvalue weighted by Crippen LogP contribution is 1.69. The predicted octanol–water partition coefficient (Wildman–Crippen LogP) is -4.39. The van der Waals surface area contributed by atoms with Crippen molar-refractivity contribution in [2.75, 3.05) is 0 Å². The Morgan fingerprint density at radius 3 is 0.333 bits per heavy atom. The average Bonchev–Trinajstić information content (AvgIpc) is 1.00. The second-order valence-corrected chi connectivity index (χ2v) is 0. The fraction of sp³-hybridized carbons (Fsp3) is 0. The molecule has 0 aliphatic carbocycles. The van der Waals surface area contributed by atoms with Crippen LogP contribution in [0.3, 0.4) is 0 Å².